The Morgan fingerprint density at radius 2 is 2.33 bits per heavy atom. The molecule has 0 radical (unpaired) electrons. The summed E-state index contributed by atoms with van der Waals surface area (Å²) in [5.74, 6) is -3.00. The first kappa shape index (κ1) is 13.4. The minimum absolute atomic E-state index is 0.349. The molecule has 1 N–H and O–H groups in total. The number of hydrogen-bond donors (Lipinski definition) is 1. The molecule has 0 spiro atoms. The van der Waals surface area contributed by atoms with E-state index in [1.807, 2.05) is 0 Å². The van der Waals surface area contributed by atoms with Crippen molar-refractivity contribution < 1.29 is 13.6 Å². The summed E-state index contributed by atoms with van der Waals surface area (Å²) in [6.45, 7) is 3.58. The highest BCUT2D eigenvalue weighted by molar-refractivity contribution is 8.01. The number of halogens is 2. The van der Waals surface area contributed by atoms with Gasteiger partial charge in [0, 0.05) is 24.5 Å². The molecule has 0 atom stereocenters. The number of carbonyl (C=O) groups is 1. The van der Waals surface area contributed by atoms with E-state index in [2.05, 4.69) is 22.1 Å². The van der Waals surface area contributed by atoms with Gasteiger partial charge in [0.05, 0.1) is 0 Å². The third-order valence-corrected chi connectivity index (χ3v) is 4.39. The van der Waals surface area contributed by atoms with E-state index in [1.54, 1.807) is 6.08 Å². The molecule has 4 nitrogen and oxygen atoms in total. The molecule has 1 aliphatic carbocycles. The van der Waals surface area contributed by atoms with Gasteiger partial charge < -0.3 is 5.32 Å². The summed E-state index contributed by atoms with van der Waals surface area (Å²) in [5.41, 5.74) is 0. The van der Waals surface area contributed by atoms with Gasteiger partial charge in [-0.15, -0.1) is 16.8 Å². The molecular formula is C10H11F2N3OS2. The Balaban J connectivity index is 1.84. The van der Waals surface area contributed by atoms with Crippen LogP contribution in [0.25, 0.3) is 0 Å². The predicted octanol–water partition coefficient (Wildman–Crippen LogP) is 2.80. The van der Waals surface area contributed by atoms with Crippen LogP contribution in [-0.2, 0) is 4.79 Å². The molecule has 1 fully saturated rings. The highest BCUT2D eigenvalue weighted by Gasteiger charge is 2.48. The monoisotopic (exact) mass is 291 g/mol. The number of thioether (sulfide) groups is 1. The number of carbonyl (C=O) groups excluding carboxylic acids is 1. The van der Waals surface area contributed by atoms with Crippen LogP contribution in [0.3, 0.4) is 0 Å². The number of hydrogen-bond acceptors (Lipinski definition) is 5. The fraction of sp³-hybridized carbons (Fsp3) is 0.500. The van der Waals surface area contributed by atoms with E-state index in [0.29, 0.717) is 15.2 Å². The number of rotatable bonds is 5. The molecular weight excluding hydrogens is 280 g/mol. The molecule has 1 aromatic rings. The number of anilines is 1. The zero-order valence-corrected chi connectivity index (χ0v) is 11.0. The SMILES string of the molecule is C=CCSc1nnc(NC(=O)C2CC(F)(F)C2)s1. The summed E-state index contributed by atoms with van der Waals surface area (Å²) in [6, 6.07) is 0. The van der Waals surface area contributed by atoms with Crippen molar-refractivity contribution >= 4 is 34.1 Å². The molecule has 0 bridgehead atoms. The third-order valence-electron chi connectivity index (χ3n) is 2.42. The molecule has 18 heavy (non-hydrogen) atoms. The maximum absolute atomic E-state index is 12.6. The Morgan fingerprint density at radius 1 is 1.61 bits per heavy atom. The normalized spacial score (nSPS) is 18.1. The summed E-state index contributed by atoms with van der Waals surface area (Å²) >= 11 is 2.68. The van der Waals surface area contributed by atoms with Crippen molar-refractivity contribution in [3.63, 3.8) is 0 Å². The summed E-state index contributed by atoms with van der Waals surface area (Å²) in [7, 11) is 0. The largest absolute Gasteiger partial charge is 0.300 e. The van der Waals surface area contributed by atoms with Crippen molar-refractivity contribution in [3.8, 4) is 0 Å². The Bertz CT molecular complexity index is 456. The summed E-state index contributed by atoms with van der Waals surface area (Å²) in [4.78, 5) is 11.6. The Kier molecular flexibility index (Phi) is 3.96. The topological polar surface area (TPSA) is 54.9 Å². The molecule has 0 unspecified atom stereocenters. The van der Waals surface area contributed by atoms with Gasteiger partial charge in [0.15, 0.2) is 4.34 Å². The van der Waals surface area contributed by atoms with Crippen LogP contribution in [0.5, 0.6) is 0 Å². The lowest BCUT2D eigenvalue weighted by Crippen LogP contribution is -2.42. The second-order valence-corrected chi connectivity index (χ2v) is 6.17. The van der Waals surface area contributed by atoms with Crippen LogP contribution in [0.4, 0.5) is 13.9 Å². The molecule has 1 heterocycles. The molecule has 1 aliphatic rings. The maximum Gasteiger partial charge on any atom is 0.249 e. The van der Waals surface area contributed by atoms with E-state index in [0.717, 1.165) is 0 Å². The lowest BCUT2D eigenvalue weighted by molar-refractivity contribution is -0.145. The van der Waals surface area contributed by atoms with E-state index in [9.17, 15) is 13.6 Å². The number of aromatic nitrogens is 2. The molecule has 0 aliphatic heterocycles. The minimum Gasteiger partial charge on any atom is -0.300 e. The molecule has 1 saturated carbocycles. The average molecular weight is 291 g/mol. The van der Waals surface area contributed by atoms with Gasteiger partial charge in [0.2, 0.25) is 17.0 Å². The van der Waals surface area contributed by atoms with Crippen molar-refractivity contribution in [1.82, 2.24) is 10.2 Å². The van der Waals surface area contributed by atoms with Gasteiger partial charge in [-0.2, -0.15) is 0 Å². The van der Waals surface area contributed by atoms with Gasteiger partial charge in [0.25, 0.3) is 0 Å². The second kappa shape index (κ2) is 5.31. The summed E-state index contributed by atoms with van der Waals surface area (Å²) < 4.78 is 25.9. The van der Waals surface area contributed by atoms with Crippen LogP contribution in [0.15, 0.2) is 17.0 Å². The summed E-state index contributed by atoms with van der Waals surface area (Å²) in [6.07, 6.45) is 0.978. The Morgan fingerprint density at radius 3 is 2.94 bits per heavy atom. The highest BCUT2D eigenvalue weighted by atomic mass is 32.2. The minimum atomic E-state index is -2.69. The van der Waals surface area contributed by atoms with E-state index in [1.165, 1.54) is 23.1 Å². The number of amides is 1. The van der Waals surface area contributed by atoms with Crippen LogP contribution < -0.4 is 5.32 Å². The zero-order chi connectivity index (χ0) is 13.2. The first-order chi connectivity index (χ1) is 8.50. The number of nitrogens with one attached hydrogen (secondary N) is 1. The molecule has 1 aromatic heterocycles. The number of nitrogens with zero attached hydrogens (tertiary/aromatic N) is 2. The second-order valence-electron chi connectivity index (χ2n) is 3.92. The van der Waals surface area contributed by atoms with E-state index < -0.39 is 17.7 Å². The smallest absolute Gasteiger partial charge is 0.249 e. The number of alkyl halides is 2. The van der Waals surface area contributed by atoms with Gasteiger partial charge in [-0.05, 0) is 0 Å². The van der Waals surface area contributed by atoms with Crippen molar-refractivity contribution in [2.24, 2.45) is 5.92 Å². The first-order valence-corrected chi connectivity index (χ1v) is 7.06. The van der Waals surface area contributed by atoms with Crippen LogP contribution in [0.2, 0.25) is 0 Å². The van der Waals surface area contributed by atoms with Crippen molar-refractivity contribution in [2.45, 2.75) is 23.1 Å². The molecule has 0 aromatic carbocycles. The Hall–Kier alpha value is -1.02. The van der Waals surface area contributed by atoms with Crippen LogP contribution in [0.1, 0.15) is 12.8 Å². The highest BCUT2D eigenvalue weighted by Crippen LogP contribution is 2.42. The zero-order valence-electron chi connectivity index (χ0n) is 9.36. The predicted molar refractivity (Wildman–Crippen MR) is 67.1 cm³/mol. The van der Waals surface area contributed by atoms with Gasteiger partial charge in [-0.25, -0.2) is 8.78 Å². The first-order valence-electron chi connectivity index (χ1n) is 5.26. The van der Waals surface area contributed by atoms with Crippen LogP contribution >= 0.6 is 23.1 Å². The standard InChI is InChI=1S/C10H11F2N3OS2/c1-2-3-17-9-15-14-8(18-9)13-7(16)6-4-10(11,12)5-6/h2,6H,1,3-5H2,(H,13,14,16). The van der Waals surface area contributed by atoms with E-state index in [-0.39, 0.29) is 12.8 Å². The van der Waals surface area contributed by atoms with Gasteiger partial charge in [-0.1, -0.05) is 29.2 Å². The van der Waals surface area contributed by atoms with Gasteiger partial charge in [-0.3, -0.25) is 4.79 Å². The van der Waals surface area contributed by atoms with Gasteiger partial charge >= 0.3 is 0 Å². The molecule has 8 heteroatoms. The third kappa shape index (κ3) is 3.26. The van der Waals surface area contributed by atoms with Crippen molar-refractivity contribution in [2.75, 3.05) is 11.1 Å². The average Bonchev–Trinajstić information content (AvgIpc) is 2.70. The molecule has 2 rings (SSSR count). The lowest BCUT2D eigenvalue weighted by Gasteiger charge is -2.33. The van der Waals surface area contributed by atoms with Gasteiger partial charge in [0.1, 0.15) is 0 Å². The molecule has 98 valence electrons. The van der Waals surface area contributed by atoms with Crippen LogP contribution in [-0.4, -0.2) is 27.8 Å². The van der Waals surface area contributed by atoms with E-state index >= 15 is 0 Å². The molecule has 0 saturated heterocycles. The Labute approximate surface area is 111 Å². The maximum atomic E-state index is 12.6. The quantitative estimate of drug-likeness (QED) is 0.515. The molecule has 1 amide bonds. The van der Waals surface area contributed by atoms with Crippen molar-refractivity contribution in [1.29, 1.82) is 0 Å². The van der Waals surface area contributed by atoms with Crippen LogP contribution in [0, 0.1) is 5.92 Å². The summed E-state index contributed by atoms with van der Waals surface area (Å²) in [5, 5.41) is 10.5. The fourth-order valence-corrected chi connectivity index (χ4v) is 3.02. The fourth-order valence-electron chi connectivity index (χ4n) is 1.50. The van der Waals surface area contributed by atoms with Crippen molar-refractivity contribution in [3.05, 3.63) is 12.7 Å². The lowest BCUT2D eigenvalue weighted by atomic mass is 9.81. The van der Waals surface area contributed by atoms with E-state index in [4.69, 9.17) is 0 Å².